The second kappa shape index (κ2) is 8.07. The molecule has 1 rings (SSSR count). The molecule has 0 saturated heterocycles. The van der Waals surface area contributed by atoms with Gasteiger partial charge in [-0.15, -0.1) is 0 Å². The number of nitrogens with two attached hydrogens (primary N) is 1. The van der Waals surface area contributed by atoms with Crippen molar-refractivity contribution in [3.8, 4) is 0 Å². The molecule has 0 aromatic rings. The fourth-order valence-corrected chi connectivity index (χ4v) is 2.44. The van der Waals surface area contributed by atoms with Crippen LogP contribution >= 0.6 is 0 Å². The van der Waals surface area contributed by atoms with Gasteiger partial charge in [-0.2, -0.15) is 0 Å². The molecule has 1 aliphatic rings. The smallest absolute Gasteiger partial charge is 0.407 e. The van der Waals surface area contributed by atoms with E-state index in [9.17, 15) is 9.59 Å². The average molecular weight is 300 g/mol. The van der Waals surface area contributed by atoms with E-state index in [0.29, 0.717) is 19.1 Å². The summed E-state index contributed by atoms with van der Waals surface area (Å²) in [6.07, 6.45) is 3.61. The molecule has 1 aliphatic carbocycles. The van der Waals surface area contributed by atoms with Crippen molar-refractivity contribution in [2.75, 3.05) is 13.1 Å². The van der Waals surface area contributed by atoms with Crippen LogP contribution in [0, 0.1) is 0 Å². The van der Waals surface area contributed by atoms with Crippen LogP contribution in [-0.2, 0) is 4.74 Å². The number of urea groups is 1. The number of alkyl carbamates (subject to hydrolysis) is 1. The molecular weight excluding hydrogens is 272 g/mol. The molecule has 21 heavy (non-hydrogen) atoms. The molecule has 5 N–H and O–H groups in total. The van der Waals surface area contributed by atoms with Crippen LogP contribution in [0.5, 0.6) is 0 Å². The van der Waals surface area contributed by atoms with Crippen LogP contribution in [0.4, 0.5) is 9.59 Å². The Kier molecular flexibility index (Phi) is 6.74. The fourth-order valence-electron chi connectivity index (χ4n) is 2.44. The van der Waals surface area contributed by atoms with Crippen molar-refractivity contribution >= 4 is 12.1 Å². The van der Waals surface area contributed by atoms with E-state index in [-0.39, 0.29) is 12.1 Å². The first-order valence-electron chi connectivity index (χ1n) is 7.52. The monoisotopic (exact) mass is 300 g/mol. The van der Waals surface area contributed by atoms with E-state index in [0.717, 1.165) is 25.7 Å². The Balaban J connectivity index is 2.25. The van der Waals surface area contributed by atoms with Gasteiger partial charge in [0.2, 0.25) is 0 Å². The Morgan fingerprint density at radius 2 is 1.86 bits per heavy atom. The summed E-state index contributed by atoms with van der Waals surface area (Å²) in [5.74, 6) is 0. The number of amides is 3. The molecule has 1 saturated carbocycles. The lowest BCUT2D eigenvalue weighted by molar-refractivity contribution is 0.0488. The first-order chi connectivity index (χ1) is 9.76. The van der Waals surface area contributed by atoms with E-state index < -0.39 is 11.6 Å². The minimum absolute atomic E-state index is 0.134. The maximum atomic E-state index is 11.8. The van der Waals surface area contributed by atoms with Crippen molar-refractivity contribution < 1.29 is 14.3 Å². The topological polar surface area (TPSA) is 105 Å². The molecule has 2 unspecified atom stereocenters. The highest BCUT2D eigenvalue weighted by molar-refractivity contribution is 5.71. The van der Waals surface area contributed by atoms with E-state index in [1.807, 2.05) is 20.8 Å². The maximum Gasteiger partial charge on any atom is 0.407 e. The van der Waals surface area contributed by atoms with E-state index >= 15 is 0 Å². The second-order valence-corrected chi connectivity index (χ2v) is 6.45. The van der Waals surface area contributed by atoms with Gasteiger partial charge in [-0.25, -0.2) is 9.59 Å². The van der Waals surface area contributed by atoms with Crippen molar-refractivity contribution in [1.29, 1.82) is 0 Å². The number of hydrogen-bond donors (Lipinski definition) is 4. The summed E-state index contributed by atoms with van der Waals surface area (Å²) in [5.41, 5.74) is 4.52. The number of ether oxygens (including phenoxy) is 1. The van der Waals surface area contributed by atoms with Gasteiger partial charge in [-0.1, -0.05) is 0 Å². The predicted molar refractivity (Wildman–Crippen MR) is 81.0 cm³/mol. The summed E-state index contributed by atoms with van der Waals surface area (Å²) in [6, 6.07) is -0.0338. The Morgan fingerprint density at radius 1 is 1.19 bits per heavy atom. The summed E-state index contributed by atoms with van der Waals surface area (Å²) in [7, 11) is 0. The molecule has 122 valence electrons. The summed E-state index contributed by atoms with van der Waals surface area (Å²) in [6.45, 7) is 6.74. The lowest BCUT2D eigenvalue weighted by atomic mass is 9.91. The minimum Gasteiger partial charge on any atom is -0.444 e. The van der Waals surface area contributed by atoms with Gasteiger partial charge in [0.15, 0.2) is 0 Å². The lowest BCUT2D eigenvalue weighted by Crippen LogP contribution is -2.47. The Hall–Kier alpha value is -1.50. The highest BCUT2D eigenvalue weighted by Crippen LogP contribution is 2.19. The zero-order valence-electron chi connectivity index (χ0n) is 13.2. The molecule has 0 aromatic heterocycles. The van der Waals surface area contributed by atoms with Crippen molar-refractivity contribution in [1.82, 2.24) is 16.0 Å². The first kappa shape index (κ1) is 17.6. The Morgan fingerprint density at radius 3 is 2.48 bits per heavy atom. The van der Waals surface area contributed by atoms with Crippen molar-refractivity contribution in [2.24, 2.45) is 5.73 Å². The molecule has 0 heterocycles. The third kappa shape index (κ3) is 8.39. The van der Waals surface area contributed by atoms with Gasteiger partial charge in [0.1, 0.15) is 5.60 Å². The summed E-state index contributed by atoms with van der Waals surface area (Å²) >= 11 is 0. The quantitative estimate of drug-likeness (QED) is 0.570. The number of nitrogens with one attached hydrogen (secondary N) is 3. The van der Waals surface area contributed by atoms with Gasteiger partial charge in [-0.3, -0.25) is 0 Å². The standard InChI is InChI=1S/C14H28N4O3/c1-14(2,3)21-13(20)18-11-6-4-5-10(9-11)16-7-8-17-12(15)19/h10-11,16H,4-9H2,1-3H3,(H,18,20)(H3,15,17,19). The zero-order chi connectivity index (χ0) is 15.9. The van der Waals surface area contributed by atoms with Crippen molar-refractivity contribution in [3.05, 3.63) is 0 Å². The van der Waals surface area contributed by atoms with Gasteiger partial charge >= 0.3 is 12.1 Å². The molecule has 3 amide bonds. The van der Waals surface area contributed by atoms with Crippen LogP contribution in [0.25, 0.3) is 0 Å². The number of hydrogen-bond acceptors (Lipinski definition) is 4. The van der Waals surface area contributed by atoms with E-state index in [1.54, 1.807) is 0 Å². The minimum atomic E-state index is -0.509. The number of carbonyl (C=O) groups excluding carboxylic acids is 2. The predicted octanol–water partition coefficient (Wildman–Crippen LogP) is 1.08. The number of carbonyl (C=O) groups is 2. The van der Waals surface area contributed by atoms with Gasteiger partial charge < -0.3 is 26.4 Å². The SMILES string of the molecule is CC(C)(C)OC(=O)NC1CCCC(NCCNC(N)=O)C1. The van der Waals surface area contributed by atoms with Crippen LogP contribution in [0.2, 0.25) is 0 Å². The van der Waals surface area contributed by atoms with Gasteiger partial charge in [-0.05, 0) is 46.5 Å². The Labute approximate surface area is 126 Å². The molecule has 1 fully saturated rings. The fraction of sp³-hybridized carbons (Fsp3) is 0.857. The highest BCUT2D eigenvalue weighted by Gasteiger charge is 2.25. The molecule has 0 spiro atoms. The normalized spacial score (nSPS) is 22.4. The van der Waals surface area contributed by atoms with E-state index in [2.05, 4.69) is 16.0 Å². The molecule has 7 heteroatoms. The lowest BCUT2D eigenvalue weighted by Gasteiger charge is -2.31. The largest absolute Gasteiger partial charge is 0.444 e. The van der Waals surface area contributed by atoms with Gasteiger partial charge in [0.05, 0.1) is 0 Å². The van der Waals surface area contributed by atoms with E-state index in [4.69, 9.17) is 10.5 Å². The maximum absolute atomic E-state index is 11.8. The van der Waals surface area contributed by atoms with Crippen LogP contribution < -0.4 is 21.7 Å². The highest BCUT2D eigenvalue weighted by atomic mass is 16.6. The molecule has 0 bridgehead atoms. The number of rotatable bonds is 5. The molecule has 0 aliphatic heterocycles. The van der Waals surface area contributed by atoms with Crippen LogP contribution in [0.15, 0.2) is 0 Å². The molecular formula is C14H28N4O3. The summed E-state index contributed by atoms with van der Waals surface area (Å²) in [4.78, 5) is 22.3. The molecule has 2 atom stereocenters. The van der Waals surface area contributed by atoms with Gasteiger partial charge in [0.25, 0.3) is 0 Å². The third-order valence-electron chi connectivity index (χ3n) is 3.25. The summed E-state index contributed by atoms with van der Waals surface area (Å²) < 4.78 is 5.27. The molecule has 7 nitrogen and oxygen atoms in total. The van der Waals surface area contributed by atoms with Gasteiger partial charge in [0, 0.05) is 25.2 Å². The van der Waals surface area contributed by atoms with Crippen molar-refractivity contribution in [3.63, 3.8) is 0 Å². The molecule has 0 radical (unpaired) electrons. The Bertz CT molecular complexity index is 355. The summed E-state index contributed by atoms with van der Waals surface area (Å²) in [5, 5.41) is 8.83. The number of primary amides is 1. The zero-order valence-corrected chi connectivity index (χ0v) is 13.2. The van der Waals surface area contributed by atoms with Crippen LogP contribution in [0.1, 0.15) is 46.5 Å². The van der Waals surface area contributed by atoms with E-state index in [1.165, 1.54) is 0 Å². The third-order valence-corrected chi connectivity index (χ3v) is 3.25. The average Bonchev–Trinajstić information content (AvgIpc) is 2.32. The molecule has 0 aromatic carbocycles. The van der Waals surface area contributed by atoms with Crippen LogP contribution in [-0.4, -0.2) is 42.9 Å². The van der Waals surface area contributed by atoms with Crippen molar-refractivity contribution in [2.45, 2.75) is 64.1 Å². The first-order valence-corrected chi connectivity index (χ1v) is 7.52. The van der Waals surface area contributed by atoms with Crippen LogP contribution in [0.3, 0.4) is 0 Å². The second-order valence-electron chi connectivity index (χ2n) is 6.45.